The smallest absolute Gasteiger partial charge is 0.287 e. The van der Waals surface area contributed by atoms with Crippen LogP contribution in [0.15, 0.2) is 51.6 Å². The molecule has 0 saturated heterocycles. The van der Waals surface area contributed by atoms with Crippen molar-refractivity contribution in [1.82, 2.24) is 10.6 Å². The van der Waals surface area contributed by atoms with Gasteiger partial charge in [-0.25, -0.2) is 0 Å². The van der Waals surface area contributed by atoms with E-state index in [9.17, 15) is 9.59 Å². The molecule has 0 radical (unpaired) electrons. The highest BCUT2D eigenvalue weighted by Crippen LogP contribution is 2.12. The van der Waals surface area contributed by atoms with Crippen LogP contribution in [0.5, 0.6) is 0 Å². The molecule has 0 spiro atoms. The van der Waals surface area contributed by atoms with Crippen LogP contribution in [-0.2, 0) is 11.3 Å². The zero-order valence-electron chi connectivity index (χ0n) is 13.0. The predicted octanol–water partition coefficient (Wildman–Crippen LogP) is 3.11. The Bertz CT molecular complexity index is 668. The van der Waals surface area contributed by atoms with Crippen molar-refractivity contribution in [3.05, 3.63) is 58.5 Å². The lowest BCUT2D eigenvalue weighted by Gasteiger charge is -2.21. The first-order chi connectivity index (χ1) is 11.0. The normalized spacial score (nSPS) is 12.0. The maximum atomic E-state index is 12.4. The maximum absolute atomic E-state index is 12.4. The average Bonchev–Trinajstić information content (AvgIpc) is 3.04. The molecule has 2 N–H and O–H groups in total. The van der Waals surface area contributed by atoms with Gasteiger partial charge in [-0.05, 0) is 35.7 Å². The largest absolute Gasteiger partial charge is 0.459 e. The molecule has 0 aliphatic heterocycles. The molecule has 1 unspecified atom stereocenters. The summed E-state index contributed by atoms with van der Waals surface area (Å²) in [5.41, 5.74) is 0.979. The fraction of sp³-hybridized carbons (Fsp3) is 0.294. The van der Waals surface area contributed by atoms with Crippen LogP contribution in [0.25, 0.3) is 0 Å². The van der Waals surface area contributed by atoms with Gasteiger partial charge in [-0.15, -0.1) is 0 Å². The maximum Gasteiger partial charge on any atom is 0.287 e. The summed E-state index contributed by atoms with van der Waals surface area (Å²) in [7, 11) is 0. The van der Waals surface area contributed by atoms with Gasteiger partial charge in [0.2, 0.25) is 5.91 Å². The second kappa shape index (κ2) is 7.97. The zero-order chi connectivity index (χ0) is 16.8. The molecule has 6 heteroatoms. The highest BCUT2D eigenvalue weighted by molar-refractivity contribution is 9.10. The van der Waals surface area contributed by atoms with Crippen molar-refractivity contribution in [2.45, 2.75) is 26.4 Å². The summed E-state index contributed by atoms with van der Waals surface area (Å²) in [5, 5.41) is 5.57. The lowest BCUT2D eigenvalue weighted by Crippen LogP contribution is -2.49. The van der Waals surface area contributed by atoms with Gasteiger partial charge in [-0.1, -0.05) is 41.9 Å². The van der Waals surface area contributed by atoms with E-state index in [-0.39, 0.29) is 17.6 Å². The standard InChI is InChI=1S/C17H19BrN2O3/c1-11(2)15(20-16(21)14-7-4-8-23-14)17(22)19-10-12-5-3-6-13(18)9-12/h3-9,11,15H,10H2,1-2H3,(H,19,22)(H,20,21). The number of hydrogen-bond acceptors (Lipinski definition) is 3. The van der Waals surface area contributed by atoms with Crippen molar-refractivity contribution in [2.75, 3.05) is 0 Å². The molecule has 1 aromatic heterocycles. The van der Waals surface area contributed by atoms with Crippen LogP contribution in [0.3, 0.4) is 0 Å². The Morgan fingerprint density at radius 1 is 1.22 bits per heavy atom. The topological polar surface area (TPSA) is 71.3 Å². The molecule has 0 fully saturated rings. The molecule has 5 nitrogen and oxygen atoms in total. The molecule has 1 heterocycles. The van der Waals surface area contributed by atoms with E-state index in [1.165, 1.54) is 6.26 Å². The Morgan fingerprint density at radius 3 is 2.61 bits per heavy atom. The number of nitrogens with one attached hydrogen (secondary N) is 2. The second-order valence-electron chi connectivity index (χ2n) is 5.52. The van der Waals surface area contributed by atoms with Crippen LogP contribution >= 0.6 is 15.9 Å². The lowest BCUT2D eigenvalue weighted by atomic mass is 10.0. The van der Waals surface area contributed by atoms with Crippen molar-refractivity contribution >= 4 is 27.7 Å². The number of carbonyl (C=O) groups is 2. The van der Waals surface area contributed by atoms with E-state index in [2.05, 4.69) is 26.6 Å². The molecule has 1 atom stereocenters. The van der Waals surface area contributed by atoms with Crippen LogP contribution in [0.2, 0.25) is 0 Å². The molecular formula is C17H19BrN2O3. The van der Waals surface area contributed by atoms with Gasteiger partial charge in [0.15, 0.2) is 5.76 Å². The van der Waals surface area contributed by atoms with Crippen molar-refractivity contribution in [1.29, 1.82) is 0 Å². The summed E-state index contributed by atoms with van der Waals surface area (Å²) in [6.45, 7) is 4.16. The summed E-state index contributed by atoms with van der Waals surface area (Å²) >= 11 is 3.40. The third-order valence-electron chi connectivity index (χ3n) is 3.34. The molecule has 0 bridgehead atoms. The SMILES string of the molecule is CC(C)C(NC(=O)c1ccco1)C(=O)NCc1cccc(Br)c1. The third kappa shape index (κ3) is 4.96. The second-order valence-corrected chi connectivity index (χ2v) is 6.44. The Kier molecular flexibility index (Phi) is 5.98. The molecule has 0 saturated carbocycles. The third-order valence-corrected chi connectivity index (χ3v) is 3.83. The molecule has 0 aliphatic rings. The van der Waals surface area contributed by atoms with Gasteiger partial charge in [0.25, 0.3) is 5.91 Å². The van der Waals surface area contributed by atoms with Gasteiger partial charge in [0.1, 0.15) is 6.04 Å². The van der Waals surface area contributed by atoms with Crippen LogP contribution in [0.1, 0.15) is 30.0 Å². The first-order valence-corrected chi connectivity index (χ1v) is 8.13. The molecule has 1 aromatic carbocycles. The molecule has 2 amide bonds. The minimum Gasteiger partial charge on any atom is -0.459 e. The Labute approximate surface area is 143 Å². The van der Waals surface area contributed by atoms with Gasteiger partial charge >= 0.3 is 0 Å². The summed E-state index contributed by atoms with van der Waals surface area (Å²) < 4.78 is 6.00. The van der Waals surface area contributed by atoms with E-state index in [0.29, 0.717) is 6.54 Å². The van der Waals surface area contributed by atoms with Gasteiger partial charge in [0.05, 0.1) is 6.26 Å². The van der Waals surface area contributed by atoms with E-state index >= 15 is 0 Å². The van der Waals surface area contributed by atoms with E-state index in [1.54, 1.807) is 12.1 Å². The van der Waals surface area contributed by atoms with E-state index in [1.807, 2.05) is 38.1 Å². The number of amides is 2. The summed E-state index contributed by atoms with van der Waals surface area (Å²) in [5.74, 6) is -0.474. The summed E-state index contributed by atoms with van der Waals surface area (Å²) in [6, 6.07) is 10.3. The average molecular weight is 379 g/mol. The number of hydrogen-bond donors (Lipinski definition) is 2. The first kappa shape index (κ1) is 17.3. The Morgan fingerprint density at radius 2 is 2.00 bits per heavy atom. The molecule has 122 valence electrons. The van der Waals surface area contributed by atoms with Crippen LogP contribution in [0, 0.1) is 5.92 Å². The number of furan rings is 1. The molecular weight excluding hydrogens is 360 g/mol. The number of benzene rings is 1. The van der Waals surface area contributed by atoms with E-state index in [0.717, 1.165) is 10.0 Å². The van der Waals surface area contributed by atoms with Gasteiger partial charge in [-0.3, -0.25) is 9.59 Å². The monoisotopic (exact) mass is 378 g/mol. The Balaban J connectivity index is 1.97. The highest BCUT2D eigenvalue weighted by atomic mass is 79.9. The molecule has 2 rings (SSSR count). The minimum atomic E-state index is -0.625. The summed E-state index contributed by atoms with van der Waals surface area (Å²) in [6.07, 6.45) is 1.42. The van der Waals surface area contributed by atoms with Crippen LogP contribution in [0.4, 0.5) is 0 Å². The zero-order valence-corrected chi connectivity index (χ0v) is 14.6. The summed E-state index contributed by atoms with van der Waals surface area (Å²) in [4.78, 5) is 24.4. The quantitative estimate of drug-likeness (QED) is 0.810. The van der Waals surface area contributed by atoms with E-state index < -0.39 is 11.9 Å². The van der Waals surface area contributed by atoms with Crippen molar-refractivity contribution in [2.24, 2.45) is 5.92 Å². The van der Waals surface area contributed by atoms with Gasteiger partial charge in [-0.2, -0.15) is 0 Å². The van der Waals surface area contributed by atoms with Crippen molar-refractivity contribution in [3.8, 4) is 0 Å². The van der Waals surface area contributed by atoms with Gasteiger partial charge in [0, 0.05) is 11.0 Å². The molecule has 23 heavy (non-hydrogen) atoms. The molecule has 2 aromatic rings. The van der Waals surface area contributed by atoms with Crippen LogP contribution < -0.4 is 10.6 Å². The first-order valence-electron chi connectivity index (χ1n) is 7.34. The molecule has 0 aliphatic carbocycles. The van der Waals surface area contributed by atoms with E-state index in [4.69, 9.17) is 4.42 Å². The number of rotatable bonds is 6. The predicted molar refractivity (Wildman–Crippen MR) is 90.8 cm³/mol. The number of halogens is 1. The fourth-order valence-electron chi connectivity index (χ4n) is 2.10. The Hall–Kier alpha value is -2.08. The minimum absolute atomic E-state index is 0.0450. The van der Waals surface area contributed by atoms with Crippen molar-refractivity contribution in [3.63, 3.8) is 0 Å². The van der Waals surface area contributed by atoms with Crippen molar-refractivity contribution < 1.29 is 14.0 Å². The highest BCUT2D eigenvalue weighted by Gasteiger charge is 2.25. The van der Waals surface area contributed by atoms with Crippen LogP contribution in [-0.4, -0.2) is 17.9 Å². The fourth-order valence-corrected chi connectivity index (χ4v) is 2.55. The lowest BCUT2D eigenvalue weighted by molar-refractivity contribution is -0.124. The van der Waals surface area contributed by atoms with Gasteiger partial charge < -0.3 is 15.1 Å². The number of carbonyl (C=O) groups excluding carboxylic acids is 2.